The van der Waals surface area contributed by atoms with Crippen LogP contribution in [0, 0.1) is 10.2 Å². The van der Waals surface area contributed by atoms with Crippen molar-refractivity contribution in [3.8, 4) is 11.5 Å². The van der Waals surface area contributed by atoms with E-state index < -0.39 is 10.2 Å². The minimum absolute atomic E-state index is 0.125. The summed E-state index contributed by atoms with van der Waals surface area (Å²) in [6, 6.07) is 16.9. The Bertz CT molecular complexity index is 2080. The molecule has 0 aromatic heterocycles. The average Bonchev–Trinajstić information content (AvgIpc) is 3.06. The van der Waals surface area contributed by atoms with Gasteiger partial charge in [0.05, 0.1) is 23.8 Å². The van der Waals surface area contributed by atoms with Crippen LogP contribution in [0.3, 0.4) is 0 Å². The average molecular weight is 810 g/mol. The molecule has 0 radical (unpaired) electrons. The number of fused-ring (bicyclic) bond motifs is 4. The predicted octanol–water partition coefficient (Wildman–Crippen LogP) is 4.12. The zero-order valence-electron chi connectivity index (χ0n) is 31.9. The number of halogens is 2. The summed E-state index contributed by atoms with van der Waals surface area (Å²) < 4.78 is 49.3. The number of esters is 1. The lowest BCUT2D eigenvalue weighted by atomic mass is 9.83. The zero-order chi connectivity index (χ0) is 38.9. The van der Waals surface area contributed by atoms with Crippen molar-refractivity contribution in [2.45, 2.75) is 92.2 Å². The van der Waals surface area contributed by atoms with Crippen LogP contribution in [0.4, 0.5) is 5.69 Å². The smallest absolute Gasteiger partial charge is 0.338 e. The summed E-state index contributed by atoms with van der Waals surface area (Å²) in [4.78, 5) is 16.2. The van der Waals surface area contributed by atoms with Crippen LogP contribution in [0.1, 0.15) is 114 Å². The molecule has 3 aliphatic heterocycles. The second-order valence-electron chi connectivity index (χ2n) is 14.8. The van der Waals surface area contributed by atoms with Gasteiger partial charge >= 0.3 is 5.97 Å². The third kappa shape index (κ3) is 8.74. The van der Waals surface area contributed by atoms with Gasteiger partial charge in [0.15, 0.2) is 5.54 Å². The molecule has 0 aliphatic carbocycles. The third-order valence-electron chi connectivity index (χ3n) is 10.2. The number of carbonyl (C=O) groups is 1. The van der Waals surface area contributed by atoms with E-state index in [9.17, 15) is 4.79 Å². The Morgan fingerprint density at radius 3 is 2.17 bits per heavy atom. The van der Waals surface area contributed by atoms with Gasteiger partial charge in [-0.1, -0.05) is 53.0 Å². The quantitative estimate of drug-likeness (QED) is 0.101. The molecular formula is C42H50BrClN2O7. The summed E-state index contributed by atoms with van der Waals surface area (Å²) in [5.41, 5.74) is 9.22. The predicted molar refractivity (Wildman–Crippen MR) is 203 cm³/mol. The summed E-state index contributed by atoms with van der Waals surface area (Å²) in [6.07, 6.45) is 8.88. The Hall–Kier alpha value is -3.51. The molecule has 11 heteroatoms. The molecule has 9 nitrogen and oxygen atoms in total. The monoisotopic (exact) mass is 808 g/mol. The van der Waals surface area contributed by atoms with Crippen molar-refractivity contribution in [2.75, 3.05) is 29.9 Å². The highest BCUT2D eigenvalue weighted by Gasteiger charge is 2.36. The molecule has 3 aromatic rings. The first-order valence-corrected chi connectivity index (χ1v) is 20.6. The van der Waals surface area contributed by atoms with E-state index in [1.165, 1.54) is 33.3 Å². The topological polar surface area (TPSA) is 134 Å². The van der Waals surface area contributed by atoms with Crippen molar-refractivity contribution in [3.05, 3.63) is 99.1 Å². The lowest BCUT2D eigenvalue weighted by Gasteiger charge is -2.43. The standard InChI is InChI=1S/C42H50BrN2O3.ClHO4/c1-9-44-35-23-37-33(21-31(35)27(3)25-41(44,5)6)39(29-17-13-14-18-30(29)40(46)47-20-16-12-11-15-19-43)34-22-32-28(4)26-42(7,8)45(10-2)36(32)24-38(34)48-37;2-1(3,4)5/h13-14,17-18,21-26H,9-12,15-16,19-20H2,1-8H3;(H,2,3,4,5)/q+1;/p-1. The van der Waals surface area contributed by atoms with E-state index in [0.717, 1.165) is 77.5 Å². The van der Waals surface area contributed by atoms with E-state index >= 15 is 0 Å². The summed E-state index contributed by atoms with van der Waals surface area (Å²) in [7, 11) is -4.94. The first kappa shape index (κ1) is 40.7. The summed E-state index contributed by atoms with van der Waals surface area (Å²) in [5, 5.41) is 3.17. The number of anilines is 1. The Morgan fingerprint density at radius 1 is 0.849 bits per heavy atom. The number of rotatable bonds is 10. The minimum Gasteiger partial charge on any atom is -0.462 e. The Balaban J connectivity index is 0.00000101. The molecule has 0 unspecified atom stereocenters. The fraction of sp³-hybridized carbons (Fsp3) is 0.429. The van der Waals surface area contributed by atoms with Crippen molar-refractivity contribution in [1.29, 1.82) is 0 Å². The molecule has 0 N–H and O–H groups in total. The summed E-state index contributed by atoms with van der Waals surface area (Å²) in [5.74, 6) is 1.33. The van der Waals surface area contributed by atoms with Crippen molar-refractivity contribution in [1.82, 2.24) is 4.58 Å². The molecule has 0 bridgehead atoms. The maximum absolute atomic E-state index is 13.8. The van der Waals surface area contributed by atoms with Crippen LogP contribution in [0.5, 0.6) is 11.5 Å². The maximum atomic E-state index is 13.8. The molecule has 0 spiro atoms. The Kier molecular flexibility index (Phi) is 12.3. The van der Waals surface area contributed by atoms with Gasteiger partial charge in [0.25, 0.3) is 0 Å². The number of hydrogen-bond acceptors (Lipinski definition) is 8. The van der Waals surface area contributed by atoms with E-state index in [4.69, 9.17) is 28.1 Å². The van der Waals surface area contributed by atoms with Gasteiger partial charge in [0.2, 0.25) is 5.36 Å². The molecule has 0 amide bonds. The van der Waals surface area contributed by atoms with Crippen molar-refractivity contribution in [2.24, 2.45) is 0 Å². The van der Waals surface area contributed by atoms with Crippen LogP contribution in [0.15, 0.2) is 60.7 Å². The van der Waals surface area contributed by atoms with Crippen molar-refractivity contribution < 1.29 is 43.1 Å². The number of allylic oxidation sites excluding steroid dienone is 2. The number of hydrogen-bond donors (Lipinski definition) is 0. The normalized spacial score (nSPS) is 16.5. The number of benzene rings is 3. The summed E-state index contributed by atoms with van der Waals surface area (Å²) in [6.45, 7) is 20.1. The van der Waals surface area contributed by atoms with E-state index in [1.807, 2.05) is 18.2 Å². The Morgan fingerprint density at radius 2 is 1.51 bits per heavy atom. The lowest BCUT2D eigenvalue weighted by Crippen LogP contribution is -2.68. The molecule has 3 heterocycles. The van der Waals surface area contributed by atoms with E-state index in [0.29, 0.717) is 12.2 Å². The van der Waals surface area contributed by atoms with Gasteiger partial charge in [-0.15, -0.1) is 10.2 Å². The zero-order valence-corrected chi connectivity index (χ0v) is 34.3. The maximum Gasteiger partial charge on any atom is 0.338 e. The molecule has 3 aromatic carbocycles. The molecule has 0 saturated carbocycles. The summed E-state index contributed by atoms with van der Waals surface area (Å²) >= 11 is 3.50. The van der Waals surface area contributed by atoms with Crippen LogP contribution in [-0.4, -0.2) is 42.1 Å². The number of alkyl halides is 1. The molecule has 0 fully saturated rings. The van der Waals surface area contributed by atoms with E-state index in [2.05, 4.69) is 123 Å². The van der Waals surface area contributed by atoms with Gasteiger partial charge in [-0.2, -0.15) is 0 Å². The molecule has 284 valence electrons. The second kappa shape index (κ2) is 16.1. The van der Waals surface area contributed by atoms with Gasteiger partial charge in [-0.05, 0) is 95.4 Å². The van der Waals surface area contributed by atoms with Crippen LogP contribution in [0.25, 0.3) is 16.7 Å². The number of carbonyl (C=O) groups excluding carboxylic acids is 1. The van der Waals surface area contributed by atoms with Crippen LogP contribution in [0.2, 0.25) is 0 Å². The van der Waals surface area contributed by atoms with E-state index in [-0.39, 0.29) is 17.0 Å². The van der Waals surface area contributed by atoms with E-state index in [1.54, 1.807) is 0 Å². The number of likely N-dealkylation sites (N-methyl/N-ethyl adjacent to an activating group) is 2. The van der Waals surface area contributed by atoms with Gasteiger partial charge < -0.3 is 14.4 Å². The minimum atomic E-state index is -4.94. The molecule has 6 rings (SSSR count). The largest absolute Gasteiger partial charge is 0.462 e. The molecular weight excluding hydrogens is 760 g/mol. The number of ether oxygens (including phenoxy) is 2. The highest BCUT2D eigenvalue weighted by molar-refractivity contribution is 9.09. The lowest BCUT2D eigenvalue weighted by molar-refractivity contribution is -2.00. The second-order valence-corrected chi connectivity index (χ2v) is 16.4. The van der Waals surface area contributed by atoms with Crippen LogP contribution >= 0.6 is 15.9 Å². The van der Waals surface area contributed by atoms with Crippen molar-refractivity contribution >= 4 is 44.3 Å². The first-order valence-electron chi connectivity index (χ1n) is 18.2. The first-order chi connectivity index (χ1) is 24.9. The van der Waals surface area contributed by atoms with Gasteiger partial charge in [-0.25, -0.2) is 28.0 Å². The Labute approximate surface area is 323 Å². The van der Waals surface area contributed by atoms with Gasteiger partial charge in [-0.3, -0.25) is 0 Å². The van der Waals surface area contributed by atoms with Crippen LogP contribution < -0.4 is 43.4 Å². The molecule has 0 atom stereocenters. The number of nitrogens with zero attached hydrogens (tertiary/aromatic N) is 2. The molecule has 3 aliphatic rings. The third-order valence-corrected chi connectivity index (χ3v) is 10.8. The van der Waals surface area contributed by atoms with Gasteiger partial charge in [0.1, 0.15) is 18.0 Å². The van der Waals surface area contributed by atoms with Crippen LogP contribution in [-0.2, 0) is 4.74 Å². The fourth-order valence-corrected chi connectivity index (χ4v) is 8.55. The van der Waals surface area contributed by atoms with Gasteiger partial charge in [0, 0.05) is 65.0 Å². The molecule has 0 saturated heterocycles. The highest BCUT2D eigenvalue weighted by atomic mass is 79.9. The SMILES string of the molecule is CCN1c2cc3c(cc2C(C)=CC1(C)C)C(c1ccccc1C(=O)OCCCCCCBr)=c1cc2c(cc1O3)=[N+](CC)C(C)(C)C=C2C.[O-][Cl+3]([O-])([O-])[O-]. The fourth-order valence-electron chi connectivity index (χ4n) is 8.15. The molecule has 53 heavy (non-hydrogen) atoms. The number of unbranched alkanes of at least 4 members (excludes halogenated alkanes) is 3. The highest BCUT2D eigenvalue weighted by Crippen LogP contribution is 2.46. The van der Waals surface area contributed by atoms with Crippen molar-refractivity contribution in [3.63, 3.8) is 0 Å².